The summed E-state index contributed by atoms with van der Waals surface area (Å²) in [5, 5.41) is 13.3. The molecule has 0 aromatic heterocycles. The van der Waals surface area contributed by atoms with Crippen LogP contribution in [-0.4, -0.2) is 23.0 Å². The first kappa shape index (κ1) is 15.3. The van der Waals surface area contributed by atoms with Gasteiger partial charge in [0.05, 0.1) is 16.8 Å². The molecule has 1 aliphatic rings. The average molecular weight is 297 g/mol. The fourth-order valence-electron chi connectivity index (χ4n) is 2.56. The van der Waals surface area contributed by atoms with Crippen molar-refractivity contribution in [2.24, 2.45) is 0 Å². The van der Waals surface area contributed by atoms with Crippen LogP contribution in [0.1, 0.15) is 48.5 Å². The van der Waals surface area contributed by atoms with Gasteiger partial charge in [-0.2, -0.15) is 0 Å². The van der Waals surface area contributed by atoms with Crippen molar-refractivity contribution in [3.8, 4) is 0 Å². The third-order valence-electron chi connectivity index (χ3n) is 3.90. The van der Waals surface area contributed by atoms with E-state index in [0.717, 1.165) is 31.2 Å². The Balaban J connectivity index is 2.03. The Bertz CT molecular complexity index is 497. The van der Waals surface area contributed by atoms with E-state index in [2.05, 4.69) is 5.32 Å². The molecule has 1 aromatic rings. The van der Waals surface area contributed by atoms with Crippen molar-refractivity contribution < 1.29 is 9.90 Å². The number of anilines is 1. The number of carbonyl (C=O) groups is 1. The highest BCUT2D eigenvalue weighted by molar-refractivity contribution is 6.33. The zero-order chi connectivity index (χ0) is 14.7. The molecular formula is C15H21ClN2O2. The van der Waals surface area contributed by atoms with E-state index in [0.29, 0.717) is 28.9 Å². The predicted molar refractivity (Wildman–Crippen MR) is 81.0 cm³/mol. The van der Waals surface area contributed by atoms with Gasteiger partial charge < -0.3 is 16.2 Å². The number of aliphatic hydroxyl groups is 1. The van der Waals surface area contributed by atoms with Crippen LogP contribution in [0.15, 0.2) is 12.1 Å². The zero-order valence-corrected chi connectivity index (χ0v) is 12.4. The molecule has 1 aromatic carbocycles. The van der Waals surface area contributed by atoms with Crippen LogP contribution < -0.4 is 11.1 Å². The summed E-state index contributed by atoms with van der Waals surface area (Å²) in [6.07, 6.45) is 3.43. The molecule has 0 saturated heterocycles. The zero-order valence-electron chi connectivity index (χ0n) is 11.7. The van der Waals surface area contributed by atoms with E-state index in [1.165, 1.54) is 6.92 Å². The van der Waals surface area contributed by atoms with E-state index < -0.39 is 0 Å². The number of carbonyl (C=O) groups excluding carboxylic acids is 1. The minimum absolute atomic E-state index is 0.0195. The molecule has 1 aliphatic carbocycles. The highest BCUT2D eigenvalue weighted by atomic mass is 35.5. The van der Waals surface area contributed by atoms with Crippen molar-refractivity contribution in [1.29, 1.82) is 0 Å². The van der Waals surface area contributed by atoms with Crippen LogP contribution >= 0.6 is 11.6 Å². The molecule has 4 N–H and O–H groups in total. The van der Waals surface area contributed by atoms with Gasteiger partial charge in [-0.3, -0.25) is 4.79 Å². The molecule has 0 amide bonds. The highest BCUT2D eigenvalue weighted by Crippen LogP contribution is 2.26. The minimum atomic E-state index is -0.159. The van der Waals surface area contributed by atoms with E-state index in [1.54, 1.807) is 12.1 Å². The van der Waals surface area contributed by atoms with E-state index >= 15 is 0 Å². The van der Waals surface area contributed by atoms with Gasteiger partial charge in [0.1, 0.15) is 0 Å². The molecule has 0 bridgehead atoms. The van der Waals surface area contributed by atoms with Crippen LogP contribution in [0.4, 0.5) is 5.69 Å². The van der Waals surface area contributed by atoms with E-state index in [4.69, 9.17) is 17.3 Å². The number of benzene rings is 1. The third kappa shape index (κ3) is 3.72. The quantitative estimate of drug-likeness (QED) is 0.589. The van der Waals surface area contributed by atoms with E-state index in [9.17, 15) is 9.90 Å². The van der Waals surface area contributed by atoms with Gasteiger partial charge in [-0.25, -0.2) is 0 Å². The highest BCUT2D eigenvalue weighted by Gasteiger charge is 2.19. The van der Waals surface area contributed by atoms with Crippen molar-refractivity contribution in [2.75, 3.05) is 5.73 Å². The summed E-state index contributed by atoms with van der Waals surface area (Å²) >= 11 is 6.07. The Morgan fingerprint density at radius 3 is 2.65 bits per heavy atom. The maximum atomic E-state index is 11.5. The van der Waals surface area contributed by atoms with Gasteiger partial charge in [-0.1, -0.05) is 11.6 Å². The summed E-state index contributed by atoms with van der Waals surface area (Å²) < 4.78 is 0. The first-order valence-electron chi connectivity index (χ1n) is 6.97. The van der Waals surface area contributed by atoms with Crippen molar-refractivity contribution in [3.63, 3.8) is 0 Å². The molecule has 110 valence electrons. The lowest BCUT2D eigenvalue weighted by Crippen LogP contribution is -2.34. The first-order chi connectivity index (χ1) is 9.47. The van der Waals surface area contributed by atoms with Gasteiger partial charge in [0, 0.05) is 18.2 Å². The first-order valence-corrected chi connectivity index (χ1v) is 7.35. The van der Waals surface area contributed by atoms with Crippen LogP contribution in [0, 0.1) is 0 Å². The fourth-order valence-corrected chi connectivity index (χ4v) is 2.80. The average Bonchev–Trinajstić information content (AvgIpc) is 2.42. The molecule has 20 heavy (non-hydrogen) atoms. The van der Waals surface area contributed by atoms with Crippen molar-refractivity contribution >= 4 is 23.1 Å². The smallest absolute Gasteiger partial charge is 0.159 e. The number of halogens is 1. The van der Waals surface area contributed by atoms with E-state index in [-0.39, 0.29) is 11.9 Å². The molecule has 0 atom stereocenters. The van der Waals surface area contributed by atoms with Crippen LogP contribution in [0.25, 0.3) is 0 Å². The lowest BCUT2D eigenvalue weighted by molar-refractivity contribution is 0.101. The number of hydrogen-bond donors (Lipinski definition) is 3. The summed E-state index contributed by atoms with van der Waals surface area (Å²) in [5.41, 5.74) is 7.93. The maximum Gasteiger partial charge on any atom is 0.159 e. The number of nitrogen functional groups attached to an aromatic ring is 1. The summed E-state index contributed by atoms with van der Waals surface area (Å²) in [6.45, 7) is 2.11. The van der Waals surface area contributed by atoms with Gasteiger partial charge in [-0.15, -0.1) is 0 Å². The third-order valence-corrected chi connectivity index (χ3v) is 4.21. The van der Waals surface area contributed by atoms with Gasteiger partial charge >= 0.3 is 0 Å². The van der Waals surface area contributed by atoms with Crippen molar-refractivity contribution in [3.05, 3.63) is 28.3 Å². The fraction of sp³-hybridized carbons (Fsp3) is 0.533. The molecule has 1 saturated carbocycles. The molecule has 0 radical (unpaired) electrons. The standard InChI is InChI=1S/C15H21ClN2O2/c1-9(19)10-6-11(15(17)14(16)7-10)8-18-12-2-4-13(20)5-3-12/h6-7,12-13,18,20H,2-5,8,17H2,1H3/t12-,13-. The summed E-state index contributed by atoms with van der Waals surface area (Å²) in [4.78, 5) is 11.5. The SMILES string of the molecule is CC(=O)c1cc(Cl)c(N)c(CN[C@H]2CC[C@H](O)CC2)c1. The molecule has 0 heterocycles. The van der Waals surface area contributed by atoms with Gasteiger partial charge in [-0.05, 0) is 50.3 Å². The van der Waals surface area contributed by atoms with Gasteiger partial charge in [0.2, 0.25) is 0 Å². The molecule has 5 heteroatoms. The molecule has 1 fully saturated rings. The second-order valence-corrected chi connectivity index (χ2v) is 5.88. The van der Waals surface area contributed by atoms with Crippen LogP contribution in [-0.2, 0) is 6.54 Å². The predicted octanol–water partition coefficient (Wildman–Crippen LogP) is 2.52. The number of nitrogens with two attached hydrogens (primary N) is 1. The Morgan fingerprint density at radius 2 is 2.05 bits per heavy atom. The second-order valence-electron chi connectivity index (χ2n) is 5.47. The molecule has 2 rings (SSSR count). The Morgan fingerprint density at radius 1 is 1.40 bits per heavy atom. The van der Waals surface area contributed by atoms with Gasteiger partial charge in [0.25, 0.3) is 0 Å². The van der Waals surface area contributed by atoms with Crippen molar-refractivity contribution in [2.45, 2.75) is 51.3 Å². The lowest BCUT2D eigenvalue weighted by Gasteiger charge is -2.26. The summed E-state index contributed by atoms with van der Waals surface area (Å²) in [6, 6.07) is 3.80. The number of ketones is 1. The maximum absolute atomic E-state index is 11.5. The van der Waals surface area contributed by atoms with Crippen molar-refractivity contribution in [1.82, 2.24) is 5.32 Å². The largest absolute Gasteiger partial charge is 0.397 e. The number of hydrogen-bond acceptors (Lipinski definition) is 4. The monoisotopic (exact) mass is 296 g/mol. The van der Waals surface area contributed by atoms with Crippen LogP contribution in [0.2, 0.25) is 5.02 Å². The molecule has 0 aliphatic heterocycles. The molecule has 0 unspecified atom stereocenters. The molecule has 0 spiro atoms. The molecular weight excluding hydrogens is 276 g/mol. The van der Waals surface area contributed by atoms with Gasteiger partial charge in [0.15, 0.2) is 5.78 Å². The summed E-state index contributed by atoms with van der Waals surface area (Å²) in [5.74, 6) is -0.0195. The summed E-state index contributed by atoms with van der Waals surface area (Å²) in [7, 11) is 0. The number of rotatable bonds is 4. The second kappa shape index (κ2) is 6.57. The Labute approximate surface area is 124 Å². The molecule has 4 nitrogen and oxygen atoms in total. The van der Waals surface area contributed by atoms with Crippen LogP contribution in [0.3, 0.4) is 0 Å². The lowest BCUT2D eigenvalue weighted by atomic mass is 9.93. The Kier molecular flexibility index (Phi) is 5.02. The number of aliphatic hydroxyl groups excluding tert-OH is 1. The normalized spacial score (nSPS) is 22.8. The Hall–Kier alpha value is -1.10. The topological polar surface area (TPSA) is 75.4 Å². The van der Waals surface area contributed by atoms with Crippen LogP contribution in [0.5, 0.6) is 0 Å². The van der Waals surface area contributed by atoms with E-state index in [1.807, 2.05) is 0 Å². The number of Topliss-reactive ketones (excluding diaryl/α,β-unsaturated/α-hetero) is 1. The number of nitrogens with one attached hydrogen (secondary N) is 1. The minimum Gasteiger partial charge on any atom is -0.397 e.